The van der Waals surface area contributed by atoms with Crippen LogP contribution in [0.15, 0.2) is 42.5 Å². The molecule has 1 aliphatic heterocycles. The quantitative estimate of drug-likeness (QED) is 0.652. The monoisotopic (exact) mass is 395 g/mol. The number of carbonyl (C=O) groups excluding carboxylic acids is 1. The molecule has 0 aliphatic carbocycles. The summed E-state index contributed by atoms with van der Waals surface area (Å²) < 4.78 is 20.4. The molecule has 0 bridgehead atoms. The molecule has 29 heavy (non-hydrogen) atoms. The van der Waals surface area contributed by atoms with Crippen LogP contribution in [0.4, 0.5) is 10.2 Å². The third-order valence-electron chi connectivity index (χ3n) is 5.99. The number of fused-ring (bicyclic) bond motifs is 1. The first kappa shape index (κ1) is 19.4. The van der Waals surface area contributed by atoms with Crippen LogP contribution >= 0.6 is 0 Å². The molecule has 2 aromatic carbocycles. The molecule has 0 saturated carbocycles. The first-order valence-electron chi connectivity index (χ1n) is 10.2. The number of esters is 1. The van der Waals surface area contributed by atoms with Crippen LogP contribution in [-0.2, 0) is 21.4 Å². The number of nitrogens with one attached hydrogen (secondary N) is 1. The van der Waals surface area contributed by atoms with Gasteiger partial charge in [0.25, 0.3) is 0 Å². The number of hydrogen-bond donors (Lipinski definition) is 1. The minimum absolute atomic E-state index is 0.281. The van der Waals surface area contributed by atoms with Crippen LogP contribution in [0.5, 0.6) is 0 Å². The van der Waals surface area contributed by atoms with Crippen molar-refractivity contribution in [1.82, 2.24) is 10.2 Å². The summed E-state index contributed by atoms with van der Waals surface area (Å²) in [5.41, 5.74) is 1.38. The number of aryl methyl sites for hydroxylation is 1. The summed E-state index contributed by atoms with van der Waals surface area (Å²) >= 11 is 0. The summed E-state index contributed by atoms with van der Waals surface area (Å²) in [5, 5.41) is 8.58. The van der Waals surface area contributed by atoms with Gasteiger partial charge in [-0.25, -0.2) is 4.39 Å². The van der Waals surface area contributed by atoms with Gasteiger partial charge in [-0.1, -0.05) is 31.2 Å². The van der Waals surface area contributed by atoms with Crippen molar-refractivity contribution < 1.29 is 13.9 Å². The van der Waals surface area contributed by atoms with E-state index in [-0.39, 0.29) is 18.4 Å². The van der Waals surface area contributed by atoms with Crippen molar-refractivity contribution in [1.29, 1.82) is 0 Å². The summed E-state index contributed by atoms with van der Waals surface area (Å²) in [6.07, 6.45) is 1.72. The van der Waals surface area contributed by atoms with Gasteiger partial charge in [-0.15, -0.1) is 0 Å². The van der Waals surface area contributed by atoms with E-state index in [4.69, 9.17) is 4.74 Å². The maximum atomic E-state index is 15.0. The normalized spacial score (nSPS) is 16.2. The molecular weight excluding hydrogens is 369 g/mol. The van der Waals surface area contributed by atoms with E-state index in [1.54, 1.807) is 19.1 Å². The Bertz CT molecular complexity index is 1020. The largest absolute Gasteiger partial charge is 0.465 e. The van der Waals surface area contributed by atoms with Crippen molar-refractivity contribution in [2.45, 2.75) is 38.5 Å². The van der Waals surface area contributed by atoms with Crippen molar-refractivity contribution >= 4 is 22.7 Å². The van der Waals surface area contributed by atoms with Crippen LogP contribution in [0.25, 0.3) is 10.9 Å². The van der Waals surface area contributed by atoms with Crippen molar-refractivity contribution in [3.63, 3.8) is 0 Å². The number of halogens is 1. The summed E-state index contributed by atoms with van der Waals surface area (Å²) in [6.45, 7) is 5.25. The Morgan fingerprint density at radius 1 is 1.21 bits per heavy atom. The van der Waals surface area contributed by atoms with E-state index >= 15 is 4.39 Å². The summed E-state index contributed by atoms with van der Waals surface area (Å²) in [6, 6.07) is 13.2. The predicted molar refractivity (Wildman–Crippen MR) is 112 cm³/mol. The van der Waals surface area contributed by atoms with Crippen molar-refractivity contribution in [3.05, 3.63) is 59.4 Å². The van der Waals surface area contributed by atoms with Gasteiger partial charge in [0.15, 0.2) is 5.82 Å². The number of benzene rings is 2. The molecule has 0 spiro atoms. The van der Waals surface area contributed by atoms with E-state index < -0.39 is 5.41 Å². The van der Waals surface area contributed by atoms with E-state index in [0.29, 0.717) is 31.5 Å². The van der Waals surface area contributed by atoms with Crippen molar-refractivity contribution in [2.75, 3.05) is 24.6 Å². The van der Waals surface area contributed by atoms with Gasteiger partial charge in [0.2, 0.25) is 0 Å². The fraction of sp³-hybridized carbons (Fsp3) is 0.391. The molecule has 0 radical (unpaired) electrons. The number of nitrogens with zero attached hydrogens (tertiary/aromatic N) is 2. The van der Waals surface area contributed by atoms with Gasteiger partial charge >= 0.3 is 5.97 Å². The molecule has 2 heterocycles. The molecule has 1 aliphatic rings. The van der Waals surface area contributed by atoms with Gasteiger partial charge in [0.05, 0.1) is 17.5 Å². The fourth-order valence-electron chi connectivity index (χ4n) is 4.31. The molecule has 1 saturated heterocycles. The number of rotatable bonds is 5. The lowest BCUT2D eigenvalue weighted by molar-refractivity contribution is -0.151. The zero-order valence-electron chi connectivity index (χ0n) is 16.9. The van der Waals surface area contributed by atoms with Crippen LogP contribution in [0, 0.1) is 5.82 Å². The molecule has 152 valence electrons. The summed E-state index contributed by atoms with van der Waals surface area (Å²) in [4.78, 5) is 15.2. The predicted octanol–water partition coefficient (Wildman–Crippen LogP) is 4.37. The zero-order chi connectivity index (χ0) is 20.4. The molecule has 4 rings (SSSR count). The maximum Gasteiger partial charge on any atom is 0.316 e. The molecular formula is C23H26FN3O2. The Kier molecular flexibility index (Phi) is 5.26. The van der Waals surface area contributed by atoms with Crippen molar-refractivity contribution in [2.24, 2.45) is 0 Å². The Hall–Kier alpha value is -2.89. The van der Waals surface area contributed by atoms with Gasteiger partial charge in [0.1, 0.15) is 5.82 Å². The molecule has 0 unspecified atom stereocenters. The van der Waals surface area contributed by atoms with Crippen LogP contribution in [-0.4, -0.2) is 35.9 Å². The standard InChI is InChI=1S/C23H26FN3O2/c1-3-16-9-10-18(19(24)15-16)23(22(28)29-4-2)11-13-27(14-12-23)21-17-7-5-6-8-20(17)25-26-21/h5-10,15H,3-4,11-14H2,1-2H3,(H,25,26). The third-order valence-corrected chi connectivity index (χ3v) is 5.99. The van der Waals surface area contributed by atoms with Crippen LogP contribution < -0.4 is 4.90 Å². The smallest absolute Gasteiger partial charge is 0.316 e. The average molecular weight is 395 g/mol. The first-order chi connectivity index (χ1) is 14.1. The van der Waals surface area contributed by atoms with Gasteiger partial charge in [-0.3, -0.25) is 9.89 Å². The lowest BCUT2D eigenvalue weighted by atomic mass is 9.72. The number of piperidine rings is 1. The average Bonchev–Trinajstić information content (AvgIpc) is 3.18. The van der Waals surface area contributed by atoms with E-state index in [9.17, 15) is 4.79 Å². The molecule has 3 aromatic rings. The highest BCUT2D eigenvalue weighted by Crippen LogP contribution is 2.40. The van der Waals surface area contributed by atoms with E-state index in [2.05, 4.69) is 15.1 Å². The minimum atomic E-state index is -0.963. The molecule has 0 amide bonds. The van der Waals surface area contributed by atoms with Gasteiger partial charge in [-0.2, -0.15) is 5.10 Å². The highest BCUT2D eigenvalue weighted by Gasteiger charge is 2.46. The number of para-hydroxylation sites is 1. The zero-order valence-corrected chi connectivity index (χ0v) is 16.9. The Morgan fingerprint density at radius 3 is 2.66 bits per heavy atom. The minimum Gasteiger partial charge on any atom is -0.465 e. The van der Waals surface area contributed by atoms with Crippen LogP contribution in [0.2, 0.25) is 0 Å². The second-order valence-corrected chi connectivity index (χ2v) is 7.55. The Morgan fingerprint density at radius 2 is 1.97 bits per heavy atom. The number of carbonyl (C=O) groups is 1. The highest BCUT2D eigenvalue weighted by atomic mass is 19.1. The SMILES string of the molecule is CCOC(=O)C1(c2ccc(CC)cc2F)CCN(c2n[nH]c3ccccc23)CC1. The van der Waals surface area contributed by atoms with E-state index in [1.807, 2.05) is 37.3 Å². The third kappa shape index (κ3) is 3.37. The van der Waals surface area contributed by atoms with E-state index in [1.165, 1.54) is 0 Å². The lowest BCUT2D eigenvalue weighted by Gasteiger charge is -2.40. The Labute approximate surface area is 169 Å². The summed E-state index contributed by atoms with van der Waals surface area (Å²) in [5.74, 6) is 0.214. The summed E-state index contributed by atoms with van der Waals surface area (Å²) in [7, 11) is 0. The molecule has 0 atom stereocenters. The fourth-order valence-corrected chi connectivity index (χ4v) is 4.31. The molecule has 1 fully saturated rings. The number of ether oxygens (including phenoxy) is 1. The molecule has 5 nitrogen and oxygen atoms in total. The van der Waals surface area contributed by atoms with Crippen LogP contribution in [0.3, 0.4) is 0 Å². The van der Waals surface area contributed by atoms with Gasteiger partial charge < -0.3 is 9.64 Å². The number of H-pyrrole nitrogens is 1. The number of hydrogen-bond acceptors (Lipinski definition) is 4. The van der Waals surface area contributed by atoms with Gasteiger partial charge in [0, 0.05) is 24.0 Å². The van der Waals surface area contributed by atoms with Crippen LogP contribution in [0.1, 0.15) is 37.8 Å². The maximum absolute atomic E-state index is 15.0. The topological polar surface area (TPSA) is 58.2 Å². The lowest BCUT2D eigenvalue weighted by Crippen LogP contribution is -2.48. The number of anilines is 1. The number of aromatic amines is 1. The van der Waals surface area contributed by atoms with Crippen molar-refractivity contribution in [3.8, 4) is 0 Å². The second kappa shape index (κ2) is 7.85. The first-order valence-corrected chi connectivity index (χ1v) is 10.2. The van der Waals surface area contributed by atoms with Gasteiger partial charge in [-0.05, 0) is 49.9 Å². The second-order valence-electron chi connectivity index (χ2n) is 7.55. The molecule has 1 aromatic heterocycles. The molecule has 6 heteroatoms. The molecule has 1 N–H and O–H groups in total. The van der Waals surface area contributed by atoms with E-state index in [0.717, 1.165) is 28.7 Å². The number of aromatic nitrogens is 2. The Balaban J connectivity index is 1.66. The highest BCUT2D eigenvalue weighted by molar-refractivity contribution is 5.90.